The molecule has 1 amide bonds. The lowest BCUT2D eigenvalue weighted by Crippen LogP contribution is -2.36. The first-order valence-electron chi connectivity index (χ1n) is 10.9. The molecule has 0 saturated carbocycles. The fraction of sp³-hybridized carbons (Fsp3) is 0.200. The number of carbonyl (C=O) groups excluding carboxylic acids is 2. The highest BCUT2D eigenvalue weighted by Gasteiger charge is 2.29. The van der Waals surface area contributed by atoms with Crippen LogP contribution < -0.4 is 9.46 Å². The normalized spacial score (nSPS) is 12.3. The number of methoxy groups -OCH3 is 1. The molecule has 1 aromatic heterocycles. The van der Waals surface area contributed by atoms with Crippen LogP contribution in [0.15, 0.2) is 71.6 Å². The van der Waals surface area contributed by atoms with Crippen molar-refractivity contribution in [1.82, 2.24) is 13.5 Å². The van der Waals surface area contributed by atoms with E-state index in [-0.39, 0.29) is 22.1 Å². The van der Waals surface area contributed by atoms with Crippen LogP contribution in [0.4, 0.5) is 0 Å². The molecule has 0 radical (unpaired) electrons. The van der Waals surface area contributed by atoms with E-state index in [4.69, 9.17) is 9.47 Å². The van der Waals surface area contributed by atoms with Gasteiger partial charge in [0.1, 0.15) is 16.8 Å². The Morgan fingerprint density at radius 3 is 2.31 bits per heavy atom. The van der Waals surface area contributed by atoms with Gasteiger partial charge in [0.15, 0.2) is 0 Å². The van der Waals surface area contributed by atoms with E-state index < -0.39 is 28.0 Å². The number of rotatable bonds is 8. The first kappa shape index (κ1) is 25.3. The van der Waals surface area contributed by atoms with Crippen LogP contribution in [0.5, 0.6) is 5.75 Å². The molecule has 4 rings (SSSR count). The smallest absolute Gasteiger partial charge is 0.337 e. The van der Waals surface area contributed by atoms with Crippen LogP contribution in [0, 0.1) is 0 Å². The zero-order valence-corrected chi connectivity index (χ0v) is 21.3. The second-order valence-corrected chi connectivity index (χ2v) is 10.4. The highest BCUT2D eigenvalue weighted by Crippen LogP contribution is 2.27. The summed E-state index contributed by atoms with van der Waals surface area (Å²) in [7, 11) is -2.93. The topological polar surface area (TPSA) is 125 Å². The Bertz CT molecular complexity index is 1510. The summed E-state index contributed by atoms with van der Waals surface area (Å²) in [5.74, 6) is -1.09. The molecule has 36 heavy (non-hydrogen) atoms. The molecular weight excluding hydrogens is 502 g/mol. The van der Waals surface area contributed by atoms with Crippen LogP contribution in [-0.4, -0.2) is 36.2 Å². The van der Waals surface area contributed by atoms with Gasteiger partial charge in [0.25, 0.3) is 15.9 Å². The predicted molar refractivity (Wildman–Crippen MR) is 134 cm³/mol. The van der Waals surface area contributed by atoms with Crippen LogP contribution in [0.3, 0.4) is 0 Å². The zero-order valence-electron chi connectivity index (χ0n) is 19.7. The molecular formula is C25H23N3O6S2. The van der Waals surface area contributed by atoms with Crippen molar-refractivity contribution in [3.8, 4) is 5.75 Å². The Kier molecular flexibility index (Phi) is 7.32. The van der Waals surface area contributed by atoms with Gasteiger partial charge in [0.2, 0.25) is 6.10 Å². The number of nitrogens with zero attached hydrogens (tertiary/aromatic N) is 2. The van der Waals surface area contributed by atoms with Crippen molar-refractivity contribution in [1.29, 1.82) is 0 Å². The Balaban J connectivity index is 1.67. The number of sulfonamides is 1. The quantitative estimate of drug-likeness (QED) is 0.339. The second kappa shape index (κ2) is 10.4. The van der Waals surface area contributed by atoms with Crippen molar-refractivity contribution in [2.24, 2.45) is 0 Å². The highest BCUT2D eigenvalue weighted by atomic mass is 32.2. The summed E-state index contributed by atoms with van der Waals surface area (Å²) in [4.78, 5) is 25.2. The summed E-state index contributed by atoms with van der Waals surface area (Å²) in [5.41, 5.74) is 2.72. The summed E-state index contributed by atoms with van der Waals surface area (Å²) in [6, 6.07) is 17.3. The van der Waals surface area contributed by atoms with Crippen molar-refractivity contribution in [2.45, 2.75) is 30.8 Å². The van der Waals surface area contributed by atoms with E-state index in [9.17, 15) is 18.0 Å². The lowest BCUT2D eigenvalue weighted by atomic mass is 10.0. The molecule has 0 saturated heterocycles. The van der Waals surface area contributed by atoms with Gasteiger partial charge in [-0.3, -0.25) is 4.79 Å². The monoisotopic (exact) mass is 525 g/mol. The van der Waals surface area contributed by atoms with Crippen molar-refractivity contribution < 1.29 is 27.5 Å². The summed E-state index contributed by atoms with van der Waals surface area (Å²) in [5, 5.41) is 0. The largest absolute Gasteiger partial charge is 0.476 e. The van der Waals surface area contributed by atoms with Gasteiger partial charge in [-0.2, -0.15) is 8.75 Å². The van der Waals surface area contributed by atoms with E-state index >= 15 is 0 Å². The van der Waals surface area contributed by atoms with Crippen LogP contribution in [0.2, 0.25) is 0 Å². The Hall–Kier alpha value is -3.83. The van der Waals surface area contributed by atoms with Gasteiger partial charge in [0.05, 0.1) is 29.3 Å². The number of benzene rings is 3. The average molecular weight is 526 g/mol. The number of hydrogen-bond acceptors (Lipinski definition) is 9. The maximum Gasteiger partial charge on any atom is 0.337 e. The molecule has 11 heteroatoms. The van der Waals surface area contributed by atoms with Gasteiger partial charge in [-0.05, 0) is 53.9 Å². The number of nitrogens with one attached hydrogen (secondary N) is 1. The number of fused-ring (bicyclic) bond motifs is 1. The molecule has 0 aliphatic heterocycles. The minimum atomic E-state index is -4.18. The SMILES string of the molecule is COC(=O)c1cccc(OC(C(=O)NS(=O)(=O)c2ccc(C(C)C)cc2)c2ccc3nsnc3c2)c1. The van der Waals surface area contributed by atoms with E-state index in [1.165, 1.54) is 31.4 Å². The maximum atomic E-state index is 13.3. The van der Waals surface area contributed by atoms with Crippen LogP contribution in [0.1, 0.15) is 47.4 Å². The standard InChI is InChI=1S/C25H23N3O6S2/c1-15(2)16-7-10-20(11-8-16)36(31,32)28-24(29)23(17-9-12-21-22(14-17)27-35-26-21)34-19-6-4-5-18(13-19)25(30)33-3/h4-15,23H,1-3H3,(H,28,29). The molecule has 1 atom stereocenters. The highest BCUT2D eigenvalue weighted by molar-refractivity contribution is 7.90. The number of aromatic nitrogens is 2. The number of esters is 1. The van der Waals surface area contributed by atoms with Gasteiger partial charge >= 0.3 is 5.97 Å². The Morgan fingerprint density at radius 1 is 0.917 bits per heavy atom. The lowest BCUT2D eigenvalue weighted by molar-refractivity contribution is -0.126. The van der Waals surface area contributed by atoms with E-state index in [1.54, 1.807) is 42.5 Å². The molecule has 0 spiro atoms. The van der Waals surface area contributed by atoms with Gasteiger partial charge in [-0.1, -0.05) is 38.1 Å². The number of hydrogen-bond donors (Lipinski definition) is 1. The molecule has 1 unspecified atom stereocenters. The summed E-state index contributed by atoms with van der Waals surface area (Å²) in [6.45, 7) is 3.99. The van der Waals surface area contributed by atoms with Crippen LogP contribution in [-0.2, 0) is 19.6 Å². The van der Waals surface area contributed by atoms with E-state index in [0.29, 0.717) is 16.6 Å². The van der Waals surface area contributed by atoms with E-state index in [1.807, 2.05) is 13.8 Å². The molecule has 1 heterocycles. The van der Waals surface area contributed by atoms with E-state index in [2.05, 4.69) is 13.5 Å². The average Bonchev–Trinajstić information content (AvgIpc) is 3.34. The molecule has 9 nitrogen and oxygen atoms in total. The third-order valence-corrected chi connectivity index (χ3v) is 7.34. The number of amides is 1. The summed E-state index contributed by atoms with van der Waals surface area (Å²) >= 11 is 1.02. The lowest BCUT2D eigenvalue weighted by Gasteiger charge is -2.20. The molecule has 0 aliphatic rings. The second-order valence-electron chi connectivity index (χ2n) is 8.22. The number of carbonyl (C=O) groups is 2. The van der Waals surface area contributed by atoms with Crippen LogP contribution in [0.25, 0.3) is 11.0 Å². The minimum absolute atomic E-state index is 0.0501. The first-order chi connectivity index (χ1) is 17.2. The molecule has 3 aromatic carbocycles. The molecule has 0 aliphatic carbocycles. The van der Waals surface area contributed by atoms with Gasteiger partial charge in [-0.25, -0.2) is 17.9 Å². The third-order valence-electron chi connectivity index (χ3n) is 5.42. The molecule has 186 valence electrons. The number of ether oxygens (including phenoxy) is 2. The van der Waals surface area contributed by atoms with Crippen molar-refractivity contribution in [2.75, 3.05) is 7.11 Å². The first-order valence-corrected chi connectivity index (χ1v) is 13.1. The fourth-order valence-electron chi connectivity index (χ4n) is 3.46. The molecule has 4 aromatic rings. The summed E-state index contributed by atoms with van der Waals surface area (Å²) in [6.07, 6.45) is -1.37. The van der Waals surface area contributed by atoms with Gasteiger partial charge < -0.3 is 9.47 Å². The Labute approximate surface area is 212 Å². The van der Waals surface area contributed by atoms with Crippen LogP contribution >= 0.6 is 11.7 Å². The van der Waals surface area contributed by atoms with Crippen molar-refractivity contribution >= 4 is 44.7 Å². The minimum Gasteiger partial charge on any atom is -0.476 e. The molecule has 0 bridgehead atoms. The Morgan fingerprint density at radius 2 is 1.61 bits per heavy atom. The maximum absolute atomic E-state index is 13.3. The van der Waals surface area contributed by atoms with Gasteiger partial charge in [0, 0.05) is 5.56 Å². The zero-order chi connectivity index (χ0) is 25.9. The van der Waals surface area contributed by atoms with Gasteiger partial charge in [-0.15, -0.1) is 0 Å². The third kappa shape index (κ3) is 5.52. The summed E-state index contributed by atoms with van der Waals surface area (Å²) < 4.78 is 47.1. The fourth-order valence-corrected chi connectivity index (χ4v) is 4.96. The van der Waals surface area contributed by atoms with Crippen molar-refractivity contribution in [3.63, 3.8) is 0 Å². The molecule has 1 N–H and O–H groups in total. The predicted octanol–water partition coefficient (Wildman–Crippen LogP) is 4.23. The molecule has 0 fully saturated rings. The van der Waals surface area contributed by atoms with E-state index in [0.717, 1.165) is 17.3 Å². The van der Waals surface area contributed by atoms with Crippen molar-refractivity contribution in [3.05, 3.63) is 83.4 Å².